The Labute approximate surface area is 256 Å². The normalized spacial score (nSPS) is 14.4. The summed E-state index contributed by atoms with van der Waals surface area (Å²) < 4.78 is 26.8. The van der Waals surface area contributed by atoms with Crippen molar-refractivity contribution >= 4 is 62.3 Å². The number of anilines is 1. The van der Waals surface area contributed by atoms with Gasteiger partial charge in [0.05, 0.1) is 17.0 Å². The molecule has 0 spiro atoms. The Kier molecular flexibility index (Phi) is 10.6. The van der Waals surface area contributed by atoms with Crippen molar-refractivity contribution in [3.05, 3.63) is 99.0 Å². The maximum absolute atomic E-state index is 14.2. The third kappa shape index (κ3) is 8.61. The molecular weight excluding hydrogens is 605 g/mol. The smallest absolute Gasteiger partial charge is 0.244 e. The molecule has 3 aromatic carbocycles. The number of halogens is 3. The Balaban J connectivity index is 1.74. The van der Waals surface area contributed by atoms with Crippen LogP contribution in [0.4, 0.5) is 5.69 Å². The predicted molar refractivity (Wildman–Crippen MR) is 165 cm³/mol. The van der Waals surface area contributed by atoms with Gasteiger partial charge in [-0.15, -0.1) is 0 Å². The van der Waals surface area contributed by atoms with Crippen molar-refractivity contribution in [2.24, 2.45) is 0 Å². The molecule has 1 aliphatic rings. The minimum Gasteiger partial charge on any atom is -0.352 e. The highest BCUT2D eigenvalue weighted by Crippen LogP contribution is 2.31. The monoisotopic (exact) mass is 635 g/mol. The molecule has 0 heterocycles. The lowest BCUT2D eigenvalue weighted by atomic mass is 10.0. The molecule has 218 valence electrons. The molecule has 2 amide bonds. The van der Waals surface area contributed by atoms with Crippen molar-refractivity contribution in [2.75, 3.05) is 17.1 Å². The van der Waals surface area contributed by atoms with Gasteiger partial charge in [0.25, 0.3) is 0 Å². The maximum atomic E-state index is 14.2. The summed E-state index contributed by atoms with van der Waals surface area (Å²) >= 11 is 18.6. The third-order valence-electron chi connectivity index (χ3n) is 7.07. The number of hydrogen-bond donors (Lipinski definition) is 1. The van der Waals surface area contributed by atoms with Gasteiger partial charge in [0, 0.05) is 29.1 Å². The van der Waals surface area contributed by atoms with Crippen molar-refractivity contribution in [3.8, 4) is 0 Å². The molecule has 41 heavy (non-hydrogen) atoms. The summed E-state index contributed by atoms with van der Waals surface area (Å²) in [7, 11) is -3.95. The topological polar surface area (TPSA) is 86.8 Å². The number of nitrogens with zero attached hydrogens (tertiary/aromatic N) is 2. The van der Waals surface area contributed by atoms with Crippen LogP contribution in [-0.4, -0.2) is 50.0 Å². The fourth-order valence-electron chi connectivity index (χ4n) is 5.03. The Hall–Kier alpha value is -2.78. The Morgan fingerprint density at radius 2 is 1.56 bits per heavy atom. The first kappa shape index (κ1) is 31.2. The molecule has 1 fully saturated rings. The van der Waals surface area contributed by atoms with Crippen LogP contribution >= 0.6 is 34.8 Å². The summed E-state index contributed by atoms with van der Waals surface area (Å²) in [5, 5.41) is 4.02. The average Bonchev–Trinajstić information content (AvgIpc) is 3.42. The number of sulfonamides is 1. The van der Waals surface area contributed by atoms with Crippen molar-refractivity contribution < 1.29 is 18.0 Å². The molecule has 1 aliphatic carbocycles. The summed E-state index contributed by atoms with van der Waals surface area (Å²) in [5.74, 6) is -0.851. The summed E-state index contributed by atoms with van der Waals surface area (Å²) in [6.45, 7) is -0.524. The lowest BCUT2D eigenvalue weighted by molar-refractivity contribution is -0.140. The number of carbonyl (C=O) groups excluding carboxylic acids is 2. The van der Waals surface area contributed by atoms with Crippen LogP contribution in [0.25, 0.3) is 0 Å². The average molecular weight is 637 g/mol. The van der Waals surface area contributed by atoms with E-state index in [1.807, 2.05) is 36.4 Å². The summed E-state index contributed by atoms with van der Waals surface area (Å²) in [5.41, 5.74) is 1.68. The molecule has 1 N–H and O–H groups in total. The molecule has 7 nitrogen and oxygen atoms in total. The fraction of sp³-hybridized carbons (Fsp3) is 0.333. The largest absolute Gasteiger partial charge is 0.352 e. The highest BCUT2D eigenvalue weighted by Gasteiger charge is 2.34. The summed E-state index contributed by atoms with van der Waals surface area (Å²) in [6.07, 6.45) is 5.06. The molecule has 0 saturated heterocycles. The van der Waals surface area contributed by atoms with Gasteiger partial charge >= 0.3 is 0 Å². The Morgan fingerprint density at radius 1 is 0.902 bits per heavy atom. The minimum absolute atomic E-state index is 0.0317. The number of hydrogen-bond acceptors (Lipinski definition) is 4. The van der Waals surface area contributed by atoms with Gasteiger partial charge in [-0.05, 0) is 54.3 Å². The quantitative estimate of drug-likeness (QED) is 0.275. The summed E-state index contributed by atoms with van der Waals surface area (Å²) in [6, 6.07) is 19.9. The summed E-state index contributed by atoms with van der Waals surface area (Å²) in [4.78, 5) is 29.4. The highest BCUT2D eigenvalue weighted by molar-refractivity contribution is 7.92. The molecule has 1 atom stereocenters. The lowest BCUT2D eigenvalue weighted by Gasteiger charge is -2.34. The molecule has 4 rings (SSSR count). The minimum atomic E-state index is -3.95. The molecule has 0 unspecified atom stereocenters. The van der Waals surface area contributed by atoms with Crippen LogP contribution in [0.3, 0.4) is 0 Å². The van der Waals surface area contributed by atoms with Crippen LogP contribution in [0.15, 0.2) is 72.8 Å². The number of nitrogens with one attached hydrogen (secondary N) is 1. The second-order valence-electron chi connectivity index (χ2n) is 10.2. The van der Waals surface area contributed by atoms with Gasteiger partial charge in [-0.25, -0.2) is 8.42 Å². The Bertz CT molecular complexity index is 1480. The van der Waals surface area contributed by atoms with Gasteiger partial charge in [0.2, 0.25) is 21.8 Å². The van der Waals surface area contributed by atoms with Crippen LogP contribution in [0.1, 0.15) is 36.8 Å². The number of amides is 2. The SMILES string of the molecule is CS(=O)(=O)N(CC(=O)N(Cc1cccc(Cl)c1)[C@H](Cc1ccccc1)C(=O)NC1CCCC1)c1ccc(Cl)cc1Cl. The zero-order valence-electron chi connectivity index (χ0n) is 22.6. The van der Waals surface area contributed by atoms with Gasteiger partial charge in [0.15, 0.2) is 0 Å². The zero-order valence-corrected chi connectivity index (χ0v) is 25.7. The van der Waals surface area contributed by atoms with E-state index in [4.69, 9.17) is 34.8 Å². The molecule has 11 heteroatoms. The predicted octanol–water partition coefficient (Wildman–Crippen LogP) is 6.11. The fourth-order valence-corrected chi connectivity index (χ4v) is 6.67. The van der Waals surface area contributed by atoms with E-state index >= 15 is 0 Å². The van der Waals surface area contributed by atoms with Gasteiger partial charge in [-0.2, -0.15) is 0 Å². The molecule has 0 aliphatic heterocycles. The molecule has 0 bridgehead atoms. The zero-order chi connectivity index (χ0) is 29.6. The van der Waals surface area contributed by atoms with Gasteiger partial charge in [-0.1, -0.05) is 90.1 Å². The van der Waals surface area contributed by atoms with Crippen LogP contribution in [-0.2, 0) is 32.6 Å². The Morgan fingerprint density at radius 3 is 2.20 bits per heavy atom. The second kappa shape index (κ2) is 13.9. The van der Waals surface area contributed by atoms with Crippen molar-refractivity contribution in [3.63, 3.8) is 0 Å². The molecule has 0 radical (unpaired) electrons. The first-order valence-corrected chi connectivity index (χ1v) is 16.3. The van der Waals surface area contributed by atoms with Crippen LogP contribution in [0, 0.1) is 0 Å². The van der Waals surface area contributed by atoms with E-state index in [2.05, 4.69) is 5.32 Å². The molecule has 0 aromatic heterocycles. The lowest BCUT2D eigenvalue weighted by Crippen LogP contribution is -2.54. The van der Waals surface area contributed by atoms with Crippen molar-refractivity contribution in [1.82, 2.24) is 10.2 Å². The van der Waals surface area contributed by atoms with E-state index < -0.39 is 28.5 Å². The van der Waals surface area contributed by atoms with Crippen LogP contribution in [0.5, 0.6) is 0 Å². The number of benzene rings is 3. The molecule has 3 aromatic rings. The highest BCUT2D eigenvalue weighted by atomic mass is 35.5. The van der Waals surface area contributed by atoms with E-state index in [1.54, 1.807) is 18.2 Å². The van der Waals surface area contributed by atoms with Gasteiger partial charge in [0.1, 0.15) is 12.6 Å². The van der Waals surface area contributed by atoms with Crippen LogP contribution in [0.2, 0.25) is 15.1 Å². The number of carbonyl (C=O) groups is 2. The van der Waals surface area contributed by atoms with Gasteiger partial charge in [-0.3, -0.25) is 13.9 Å². The standard InChI is InChI=1S/C30H32Cl3N3O4S/c1-41(39,40)36(27-15-14-24(32)18-26(27)33)20-29(37)35(19-22-10-7-11-23(31)16-22)28(17-21-8-3-2-4-9-21)30(38)34-25-12-5-6-13-25/h2-4,7-11,14-16,18,25,28H,5-6,12-13,17,19-20H2,1H3,(H,34,38)/t28-/m1/s1. The second-order valence-corrected chi connectivity index (χ2v) is 13.4. The first-order chi connectivity index (χ1) is 19.5. The van der Waals surface area contributed by atoms with E-state index in [1.165, 1.54) is 23.1 Å². The van der Waals surface area contributed by atoms with E-state index in [9.17, 15) is 18.0 Å². The first-order valence-electron chi connectivity index (χ1n) is 13.3. The van der Waals surface area contributed by atoms with Crippen molar-refractivity contribution in [1.29, 1.82) is 0 Å². The van der Waals surface area contributed by atoms with Crippen molar-refractivity contribution in [2.45, 2.75) is 50.7 Å². The maximum Gasteiger partial charge on any atom is 0.244 e. The third-order valence-corrected chi connectivity index (χ3v) is 8.97. The molecular formula is C30H32Cl3N3O4S. The van der Waals surface area contributed by atoms with E-state index in [0.29, 0.717) is 15.6 Å². The van der Waals surface area contributed by atoms with E-state index in [0.717, 1.165) is 41.8 Å². The molecule has 1 saturated carbocycles. The van der Waals surface area contributed by atoms with E-state index in [-0.39, 0.29) is 35.6 Å². The van der Waals surface area contributed by atoms with Crippen LogP contribution < -0.4 is 9.62 Å². The van der Waals surface area contributed by atoms with Gasteiger partial charge < -0.3 is 10.2 Å². The number of rotatable bonds is 11.